The van der Waals surface area contributed by atoms with Gasteiger partial charge in [0.2, 0.25) is 5.91 Å². The Bertz CT molecular complexity index is 468. The highest BCUT2D eigenvalue weighted by Gasteiger charge is 2.20. The summed E-state index contributed by atoms with van der Waals surface area (Å²) < 4.78 is 0. The maximum atomic E-state index is 11.4. The third-order valence-corrected chi connectivity index (χ3v) is 3.97. The summed E-state index contributed by atoms with van der Waals surface area (Å²) in [5, 5.41) is 2.96. The van der Waals surface area contributed by atoms with Crippen LogP contribution in [-0.2, 0) is 11.2 Å². The van der Waals surface area contributed by atoms with Crippen molar-refractivity contribution in [2.24, 2.45) is 11.7 Å². The average Bonchev–Trinajstić information content (AvgIpc) is 2.37. The van der Waals surface area contributed by atoms with Crippen molar-refractivity contribution in [1.82, 2.24) is 0 Å². The zero-order valence-electron chi connectivity index (χ0n) is 11.4. The highest BCUT2D eigenvalue weighted by molar-refractivity contribution is 5.94. The summed E-state index contributed by atoms with van der Waals surface area (Å²) in [4.78, 5) is 11.4. The molecular weight excluding hydrogens is 224 g/mol. The van der Waals surface area contributed by atoms with E-state index >= 15 is 0 Å². The van der Waals surface area contributed by atoms with Gasteiger partial charge in [0.15, 0.2) is 0 Å². The molecule has 1 amide bonds. The van der Waals surface area contributed by atoms with Crippen LogP contribution >= 0.6 is 0 Å². The molecule has 0 aromatic heterocycles. The van der Waals surface area contributed by atoms with Gasteiger partial charge >= 0.3 is 0 Å². The minimum Gasteiger partial charge on any atom is -0.326 e. The van der Waals surface area contributed by atoms with Gasteiger partial charge in [0.25, 0.3) is 0 Å². The summed E-state index contributed by atoms with van der Waals surface area (Å²) in [5.74, 6) is 0.588. The topological polar surface area (TPSA) is 55.1 Å². The Morgan fingerprint density at radius 1 is 1.39 bits per heavy atom. The molecule has 1 aromatic carbocycles. The maximum absolute atomic E-state index is 11.4. The molecule has 3 N–H and O–H groups in total. The number of nitrogens with two attached hydrogens (primary N) is 1. The van der Waals surface area contributed by atoms with Gasteiger partial charge in [-0.15, -0.1) is 0 Å². The van der Waals surface area contributed by atoms with Crippen LogP contribution in [0.3, 0.4) is 0 Å². The Morgan fingerprint density at radius 3 is 2.78 bits per heavy atom. The minimum atomic E-state index is 0.0802. The van der Waals surface area contributed by atoms with E-state index in [4.69, 9.17) is 5.73 Å². The van der Waals surface area contributed by atoms with Gasteiger partial charge in [0.05, 0.1) is 0 Å². The molecule has 1 aliphatic rings. The lowest BCUT2D eigenvalue weighted by molar-refractivity contribution is -0.116. The van der Waals surface area contributed by atoms with E-state index in [2.05, 4.69) is 31.3 Å². The Morgan fingerprint density at radius 2 is 2.11 bits per heavy atom. The number of rotatable bonds is 3. The largest absolute Gasteiger partial charge is 0.326 e. The summed E-state index contributed by atoms with van der Waals surface area (Å²) >= 11 is 0. The number of nitrogens with one attached hydrogen (secondary N) is 1. The van der Waals surface area contributed by atoms with Gasteiger partial charge in [-0.05, 0) is 36.0 Å². The number of carbonyl (C=O) groups excluding carboxylic acids is 1. The van der Waals surface area contributed by atoms with Crippen molar-refractivity contribution in [3.63, 3.8) is 0 Å². The van der Waals surface area contributed by atoms with Crippen molar-refractivity contribution < 1.29 is 4.79 Å². The first-order valence-corrected chi connectivity index (χ1v) is 6.71. The zero-order chi connectivity index (χ0) is 13.3. The third-order valence-electron chi connectivity index (χ3n) is 3.97. The third kappa shape index (κ3) is 2.41. The minimum absolute atomic E-state index is 0.0802. The Kier molecular flexibility index (Phi) is 3.71. The van der Waals surface area contributed by atoms with Crippen LogP contribution in [-0.4, -0.2) is 5.91 Å². The van der Waals surface area contributed by atoms with Crippen molar-refractivity contribution in [2.75, 3.05) is 5.32 Å². The first-order chi connectivity index (χ1) is 8.52. The first kappa shape index (κ1) is 13.1. The second-order valence-electron chi connectivity index (χ2n) is 5.33. The van der Waals surface area contributed by atoms with Crippen LogP contribution in [0.1, 0.15) is 49.4 Å². The lowest BCUT2D eigenvalue weighted by atomic mass is 9.88. The van der Waals surface area contributed by atoms with Gasteiger partial charge in [-0.3, -0.25) is 4.79 Å². The second-order valence-corrected chi connectivity index (χ2v) is 5.33. The molecule has 2 rings (SSSR count). The van der Waals surface area contributed by atoms with E-state index in [0.29, 0.717) is 12.3 Å². The summed E-state index contributed by atoms with van der Waals surface area (Å²) in [6.45, 7) is 6.38. The van der Waals surface area contributed by atoms with Crippen LogP contribution in [0.5, 0.6) is 0 Å². The van der Waals surface area contributed by atoms with Crippen molar-refractivity contribution in [1.29, 1.82) is 0 Å². The standard InChI is InChI=1S/C15H22N2O/c1-4-9(2)14(16)12-7-10(3)15-11(8-12)5-6-13(18)17-15/h7-9,14H,4-6,16H2,1-3H3,(H,17,18). The average molecular weight is 246 g/mol. The molecule has 0 saturated heterocycles. The summed E-state index contributed by atoms with van der Waals surface area (Å²) in [6.07, 6.45) is 2.48. The molecule has 0 fully saturated rings. The quantitative estimate of drug-likeness (QED) is 0.861. The number of aryl methyl sites for hydroxylation is 2. The number of anilines is 1. The molecule has 3 nitrogen and oxygen atoms in total. The number of hydrogen-bond acceptors (Lipinski definition) is 2. The second kappa shape index (κ2) is 5.11. The van der Waals surface area contributed by atoms with Crippen LogP contribution in [0.2, 0.25) is 0 Å². The molecule has 0 aliphatic carbocycles. The van der Waals surface area contributed by atoms with E-state index in [-0.39, 0.29) is 11.9 Å². The molecule has 0 bridgehead atoms. The van der Waals surface area contributed by atoms with Gasteiger partial charge in [-0.1, -0.05) is 32.4 Å². The molecule has 0 saturated carbocycles. The molecule has 18 heavy (non-hydrogen) atoms. The maximum Gasteiger partial charge on any atom is 0.224 e. The normalized spacial score (nSPS) is 17.9. The van der Waals surface area contributed by atoms with Crippen LogP contribution in [0.15, 0.2) is 12.1 Å². The number of carbonyl (C=O) groups is 1. The predicted molar refractivity (Wildman–Crippen MR) is 74.5 cm³/mol. The summed E-state index contributed by atoms with van der Waals surface area (Å²) in [6, 6.07) is 4.36. The zero-order valence-corrected chi connectivity index (χ0v) is 11.4. The summed E-state index contributed by atoms with van der Waals surface area (Å²) in [7, 11) is 0. The molecule has 0 spiro atoms. The Hall–Kier alpha value is -1.35. The van der Waals surface area contributed by atoms with E-state index in [1.165, 1.54) is 11.1 Å². The predicted octanol–water partition coefficient (Wildman–Crippen LogP) is 2.93. The van der Waals surface area contributed by atoms with Crippen LogP contribution in [0, 0.1) is 12.8 Å². The molecule has 1 aliphatic heterocycles. The Labute approximate surface area is 109 Å². The van der Waals surface area contributed by atoms with Crippen molar-refractivity contribution in [2.45, 2.75) is 46.1 Å². The molecule has 98 valence electrons. The lowest BCUT2D eigenvalue weighted by Crippen LogP contribution is -2.22. The molecule has 1 aromatic rings. The highest BCUT2D eigenvalue weighted by Crippen LogP contribution is 2.31. The van der Waals surface area contributed by atoms with Gasteiger partial charge in [-0.2, -0.15) is 0 Å². The van der Waals surface area contributed by atoms with Crippen molar-refractivity contribution in [3.05, 3.63) is 28.8 Å². The SMILES string of the molecule is CCC(C)C(N)c1cc(C)c2c(c1)CCC(=O)N2. The molecule has 2 unspecified atom stereocenters. The van der Waals surface area contributed by atoms with Crippen molar-refractivity contribution in [3.8, 4) is 0 Å². The van der Waals surface area contributed by atoms with Crippen molar-refractivity contribution >= 4 is 11.6 Å². The van der Waals surface area contributed by atoms with Crippen LogP contribution in [0.25, 0.3) is 0 Å². The van der Waals surface area contributed by atoms with Crippen LogP contribution < -0.4 is 11.1 Å². The molecular formula is C15H22N2O. The molecule has 3 heteroatoms. The summed E-state index contributed by atoms with van der Waals surface area (Å²) in [5.41, 5.74) is 10.8. The number of amides is 1. The van der Waals surface area contributed by atoms with Gasteiger partial charge in [0.1, 0.15) is 0 Å². The van der Waals surface area contributed by atoms with E-state index < -0.39 is 0 Å². The fourth-order valence-corrected chi connectivity index (χ4v) is 2.49. The van der Waals surface area contributed by atoms with Gasteiger partial charge in [-0.25, -0.2) is 0 Å². The fraction of sp³-hybridized carbons (Fsp3) is 0.533. The smallest absolute Gasteiger partial charge is 0.224 e. The number of hydrogen-bond donors (Lipinski definition) is 2. The molecule has 0 radical (unpaired) electrons. The Balaban J connectivity index is 2.36. The van der Waals surface area contributed by atoms with E-state index in [9.17, 15) is 4.79 Å². The number of benzene rings is 1. The first-order valence-electron chi connectivity index (χ1n) is 6.71. The van der Waals surface area contributed by atoms with Gasteiger partial charge in [0, 0.05) is 18.2 Å². The highest BCUT2D eigenvalue weighted by atomic mass is 16.1. The van der Waals surface area contributed by atoms with Crippen LogP contribution in [0.4, 0.5) is 5.69 Å². The molecule has 2 atom stereocenters. The fourth-order valence-electron chi connectivity index (χ4n) is 2.49. The molecule has 1 heterocycles. The van der Waals surface area contributed by atoms with E-state index in [1.807, 2.05) is 6.92 Å². The van der Waals surface area contributed by atoms with E-state index in [0.717, 1.165) is 24.1 Å². The van der Waals surface area contributed by atoms with Gasteiger partial charge < -0.3 is 11.1 Å². The lowest BCUT2D eigenvalue weighted by Gasteiger charge is -2.24. The monoisotopic (exact) mass is 246 g/mol. The number of fused-ring (bicyclic) bond motifs is 1. The van der Waals surface area contributed by atoms with E-state index in [1.54, 1.807) is 0 Å².